The van der Waals surface area contributed by atoms with Crippen LogP contribution in [0.25, 0.3) is 6.08 Å². The molecule has 6 nitrogen and oxygen atoms in total. The van der Waals surface area contributed by atoms with Gasteiger partial charge in [0.05, 0.1) is 5.69 Å². The van der Waals surface area contributed by atoms with Crippen molar-refractivity contribution in [3.05, 3.63) is 94.5 Å². The van der Waals surface area contributed by atoms with E-state index >= 15 is 0 Å². The molecule has 160 valence electrons. The van der Waals surface area contributed by atoms with E-state index in [1.807, 2.05) is 30.3 Å². The van der Waals surface area contributed by atoms with Crippen LogP contribution >= 0.6 is 23.8 Å². The number of anilines is 1. The van der Waals surface area contributed by atoms with Crippen molar-refractivity contribution in [2.45, 2.75) is 6.61 Å². The zero-order valence-corrected chi connectivity index (χ0v) is 18.2. The van der Waals surface area contributed by atoms with Crippen LogP contribution in [0.3, 0.4) is 0 Å². The van der Waals surface area contributed by atoms with Crippen LogP contribution in [0.2, 0.25) is 5.02 Å². The molecule has 3 aromatic rings. The standard InChI is InChI=1S/C24H17ClN2O4S/c25-17-7-9-18(10-8-17)27-23(30)20(22(29)26-24(27)32)12-16-6-11-19(13-21(16)28)31-14-15-4-2-1-3-5-15/h1-13,28H,14H2,(H,26,29,32). The lowest BCUT2D eigenvalue weighted by atomic mass is 10.1. The predicted octanol–water partition coefficient (Wildman–Crippen LogP) is 4.46. The van der Waals surface area contributed by atoms with Gasteiger partial charge in [-0.3, -0.25) is 19.8 Å². The first-order chi connectivity index (χ1) is 15.4. The molecule has 1 fully saturated rings. The Morgan fingerprint density at radius 3 is 2.44 bits per heavy atom. The lowest BCUT2D eigenvalue weighted by molar-refractivity contribution is -0.122. The summed E-state index contributed by atoms with van der Waals surface area (Å²) in [5.74, 6) is -0.925. The average molecular weight is 465 g/mol. The summed E-state index contributed by atoms with van der Waals surface area (Å²) in [6, 6.07) is 20.8. The van der Waals surface area contributed by atoms with Crippen molar-refractivity contribution in [3.8, 4) is 11.5 Å². The third-order valence-electron chi connectivity index (χ3n) is 4.74. The molecule has 0 saturated carbocycles. The minimum atomic E-state index is -0.644. The number of hydrogen-bond donors (Lipinski definition) is 2. The van der Waals surface area contributed by atoms with Gasteiger partial charge in [0.1, 0.15) is 23.7 Å². The van der Waals surface area contributed by atoms with Crippen molar-refractivity contribution >= 4 is 52.5 Å². The molecule has 32 heavy (non-hydrogen) atoms. The van der Waals surface area contributed by atoms with Gasteiger partial charge in [-0.25, -0.2) is 0 Å². The highest BCUT2D eigenvalue weighted by atomic mass is 35.5. The zero-order valence-electron chi connectivity index (χ0n) is 16.6. The molecule has 1 heterocycles. The fourth-order valence-electron chi connectivity index (χ4n) is 3.11. The van der Waals surface area contributed by atoms with Crippen LogP contribution in [-0.2, 0) is 16.2 Å². The number of aromatic hydroxyl groups is 1. The van der Waals surface area contributed by atoms with Crippen LogP contribution in [0, 0.1) is 0 Å². The number of carbonyl (C=O) groups is 2. The number of halogens is 1. The lowest BCUT2D eigenvalue weighted by Crippen LogP contribution is -2.54. The second-order valence-electron chi connectivity index (χ2n) is 6.93. The Labute approximate surface area is 194 Å². The van der Waals surface area contributed by atoms with Crippen LogP contribution in [0.4, 0.5) is 5.69 Å². The summed E-state index contributed by atoms with van der Waals surface area (Å²) in [7, 11) is 0. The van der Waals surface area contributed by atoms with Gasteiger partial charge < -0.3 is 9.84 Å². The number of nitrogens with one attached hydrogen (secondary N) is 1. The van der Waals surface area contributed by atoms with E-state index in [9.17, 15) is 14.7 Å². The average Bonchev–Trinajstić information content (AvgIpc) is 2.78. The van der Waals surface area contributed by atoms with E-state index in [1.54, 1.807) is 36.4 Å². The minimum Gasteiger partial charge on any atom is -0.507 e. The number of phenolic OH excluding ortho intramolecular Hbond substituents is 1. The Balaban J connectivity index is 1.57. The topological polar surface area (TPSA) is 78.9 Å². The maximum Gasteiger partial charge on any atom is 0.270 e. The van der Waals surface area contributed by atoms with Gasteiger partial charge in [0, 0.05) is 16.7 Å². The minimum absolute atomic E-state index is 0.0339. The molecular formula is C24H17ClN2O4S. The lowest BCUT2D eigenvalue weighted by Gasteiger charge is -2.29. The Morgan fingerprint density at radius 1 is 1.03 bits per heavy atom. The second kappa shape index (κ2) is 9.21. The summed E-state index contributed by atoms with van der Waals surface area (Å²) in [5.41, 5.74) is 1.58. The fraction of sp³-hybridized carbons (Fsp3) is 0.0417. The summed E-state index contributed by atoms with van der Waals surface area (Å²) in [4.78, 5) is 26.7. The Hall–Kier alpha value is -3.68. The second-order valence-corrected chi connectivity index (χ2v) is 7.75. The number of rotatable bonds is 5. The van der Waals surface area contributed by atoms with Crippen LogP contribution in [0.15, 0.2) is 78.4 Å². The highest BCUT2D eigenvalue weighted by Crippen LogP contribution is 2.28. The Morgan fingerprint density at radius 2 is 1.75 bits per heavy atom. The maximum absolute atomic E-state index is 13.0. The van der Waals surface area contributed by atoms with Gasteiger partial charge in [0.15, 0.2) is 5.11 Å². The summed E-state index contributed by atoms with van der Waals surface area (Å²) in [5, 5.41) is 13.4. The number of thiocarbonyl (C=S) groups is 1. The first kappa shape index (κ1) is 21.5. The van der Waals surface area contributed by atoms with E-state index in [0.717, 1.165) is 5.56 Å². The van der Waals surface area contributed by atoms with Gasteiger partial charge in [0.2, 0.25) is 0 Å². The number of carbonyl (C=O) groups excluding carboxylic acids is 2. The largest absolute Gasteiger partial charge is 0.507 e. The smallest absolute Gasteiger partial charge is 0.270 e. The quantitative estimate of drug-likeness (QED) is 0.331. The molecule has 0 spiro atoms. The number of phenols is 1. The molecule has 8 heteroatoms. The van der Waals surface area contributed by atoms with Crippen LogP contribution in [0.5, 0.6) is 11.5 Å². The first-order valence-electron chi connectivity index (χ1n) is 9.59. The van der Waals surface area contributed by atoms with Crippen molar-refractivity contribution in [3.63, 3.8) is 0 Å². The Kier molecular flexibility index (Phi) is 6.20. The van der Waals surface area contributed by atoms with Crippen molar-refractivity contribution in [1.29, 1.82) is 0 Å². The highest BCUT2D eigenvalue weighted by Gasteiger charge is 2.34. The van der Waals surface area contributed by atoms with E-state index in [2.05, 4.69) is 5.32 Å². The third kappa shape index (κ3) is 4.64. The summed E-state index contributed by atoms with van der Waals surface area (Å²) < 4.78 is 5.70. The molecule has 1 aliphatic rings. The van der Waals surface area contributed by atoms with Crippen LogP contribution < -0.4 is 15.0 Å². The summed E-state index contributed by atoms with van der Waals surface area (Å²) >= 11 is 11.1. The molecule has 0 radical (unpaired) electrons. The van der Waals surface area contributed by atoms with Crippen LogP contribution in [-0.4, -0.2) is 22.0 Å². The molecule has 3 aromatic carbocycles. The normalized spacial score (nSPS) is 15.1. The third-order valence-corrected chi connectivity index (χ3v) is 5.27. The van der Waals surface area contributed by atoms with E-state index < -0.39 is 11.8 Å². The maximum atomic E-state index is 13.0. The SMILES string of the molecule is O=C1NC(=S)N(c2ccc(Cl)cc2)C(=O)C1=Cc1ccc(OCc2ccccc2)cc1O. The summed E-state index contributed by atoms with van der Waals surface area (Å²) in [6.45, 7) is 0.342. The molecule has 4 rings (SSSR count). The molecule has 0 bridgehead atoms. The summed E-state index contributed by atoms with van der Waals surface area (Å²) in [6.07, 6.45) is 1.32. The van der Waals surface area contributed by atoms with Gasteiger partial charge in [-0.1, -0.05) is 41.9 Å². The number of ether oxygens (including phenoxy) is 1. The highest BCUT2D eigenvalue weighted by molar-refractivity contribution is 7.80. The monoisotopic (exact) mass is 464 g/mol. The number of nitrogens with zero attached hydrogens (tertiary/aromatic N) is 1. The molecule has 0 unspecified atom stereocenters. The fourth-order valence-corrected chi connectivity index (χ4v) is 3.52. The van der Waals surface area contributed by atoms with E-state index in [4.69, 9.17) is 28.6 Å². The predicted molar refractivity (Wildman–Crippen MR) is 127 cm³/mol. The first-order valence-corrected chi connectivity index (χ1v) is 10.4. The van der Waals surface area contributed by atoms with E-state index in [-0.39, 0.29) is 16.4 Å². The van der Waals surface area contributed by atoms with Crippen LogP contribution in [0.1, 0.15) is 11.1 Å². The number of benzene rings is 3. The van der Waals surface area contributed by atoms with Gasteiger partial charge in [-0.15, -0.1) is 0 Å². The van der Waals surface area contributed by atoms with Gasteiger partial charge in [-0.05, 0) is 60.3 Å². The van der Waals surface area contributed by atoms with E-state index in [1.165, 1.54) is 17.0 Å². The van der Waals surface area contributed by atoms with Gasteiger partial charge >= 0.3 is 0 Å². The van der Waals surface area contributed by atoms with Gasteiger partial charge in [-0.2, -0.15) is 0 Å². The van der Waals surface area contributed by atoms with Crippen molar-refractivity contribution < 1.29 is 19.4 Å². The molecule has 2 amide bonds. The molecule has 1 saturated heterocycles. The van der Waals surface area contributed by atoms with E-state index in [0.29, 0.717) is 28.6 Å². The molecule has 2 N–H and O–H groups in total. The molecular weight excluding hydrogens is 448 g/mol. The molecule has 0 aliphatic carbocycles. The Bertz CT molecular complexity index is 1230. The zero-order chi connectivity index (χ0) is 22.7. The van der Waals surface area contributed by atoms with Crippen molar-refractivity contribution in [2.24, 2.45) is 0 Å². The molecule has 0 atom stereocenters. The van der Waals surface area contributed by atoms with Crippen molar-refractivity contribution in [2.75, 3.05) is 4.90 Å². The number of amides is 2. The molecule has 1 aliphatic heterocycles. The number of hydrogen-bond acceptors (Lipinski definition) is 5. The van der Waals surface area contributed by atoms with Gasteiger partial charge in [0.25, 0.3) is 11.8 Å². The molecule has 0 aromatic heterocycles. The van der Waals surface area contributed by atoms with Crippen molar-refractivity contribution in [1.82, 2.24) is 5.32 Å².